The second-order valence-corrected chi connectivity index (χ2v) is 8.36. The summed E-state index contributed by atoms with van der Waals surface area (Å²) in [6.45, 7) is 3.45. The maximum Gasteiger partial charge on any atom is 0.223 e. The van der Waals surface area contributed by atoms with Gasteiger partial charge in [-0.3, -0.25) is 9.69 Å². The molecule has 8 heteroatoms. The van der Waals surface area contributed by atoms with Crippen LogP contribution in [0, 0.1) is 5.82 Å². The number of oxazole rings is 1. The molecule has 0 N–H and O–H groups in total. The highest BCUT2D eigenvalue weighted by atomic mass is 35.5. The van der Waals surface area contributed by atoms with Gasteiger partial charge in [-0.05, 0) is 42.0 Å². The molecule has 0 saturated carbocycles. The van der Waals surface area contributed by atoms with Gasteiger partial charge in [0, 0.05) is 61.2 Å². The highest BCUT2D eigenvalue weighted by molar-refractivity contribution is 6.31. The summed E-state index contributed by atoms with van der Waals surface area (Å²) in [5, 5.41) is 1.09. The van der Waals surface area contributed by atoms with Crippen molar-refractivity contribution in [3.05, 3.63) is 76.0 Å². The van der Waals surface area contributed by atoms with Gasteiger partial charge in [0.1, 0.15) is 5.82 Å². The van der Waals surface area contributed by atoms with Crippen molar-refractivity contribution in [2.75, 3.05) is 26.2 Å². The Balaban J connectivity index is 1.24. The molecule has 1 aliphatic rings. The molecule has 2 heterocycles. The predicted molar refractivity (Wildman–Crippen MR) is 119 cm³/mol. The lowest BCUT2D eigenvalue weighted by molar-refractivity contribution is -0.133. The van der Waals surface area contributed by atoms with Crippen molar-refractivity contribution < 1.29 is 13.6 Å². The Morgan fingerprint density at radius 2 is 1.81 bits per heavy atom. The molecule has 1 amide bonds. The largest absolute Gasteiger partial charge is 0.441 e. The third kappa shape index (κ3) is 5.64. The molecule has 1 fully saturated rings. The fourth-order valence-corrected chi connectivity index (χ4v) is 3.94. The Labute approximate surface area is 190 Å². The zero-order valence-corrected chi connectivity index (χ0v) is 18.4. The van der Waals surface area contributed by atoms with Crippen LogP contribution in [0.5, 0.6) is 0 Å². The molecule has 1 aromatic heterocycles. The number of rotatable bonds is 6. The van der Waals surface area contributed by atoms with Gasteiger partial charge in [-0.25, -0.2) is 9.37 Å². The number of halogens is 3. The van der Waals surface area contributed by atoms with Crippen LogP contribution < -0.4 is 0 Å². The topological polar surface area (TPSA) is 49.6 Å². The molecule has 0 bridgehead atoms. The maximum atomic E-state index is 13.2. The van der Waals surface area contributed by atoms with Gasteiger partial charge in [-0.1, -0.05) is 29.3 Å². The van der Waals surface area contributed by atoms with E-state index in [9.17, 15) is 9.18 Å². The van der Waals surface area contributed by atoms with Crippen LogP contribution in [0.3, 0.4) is 0 Å². The smallest absolute Gasteiger partial charge is 0.223 e. The van der Waals surface area contributed by atoms with Gasteiger partial charge in [0.25, 0.3) is 0 Å². The number of aromatic nitrogens is 1. The Hall–Kier alpha value is -2.41. The molecule has 0 unspecified atom stereocenters. The van der Waals surface area contributed by atoms with Gasteiger partial charge in [-0.15, -0.1) is 0 Å². The normalized spacial score (nSPS) is 14.7. The molecule has 0 spiro atoms. The molecule has 0 atom stereocenters. The summed E-state index contributed by atoms with van der Waals surface area (Å²) in [5.41, 5.74) is 1.79. The van der Waals surface area contributed by atoms with E-state index < -0.39 is 0 Å². The molecular weight excluding hydrogens is 440 g/mol. The quantitative estimate of drug-likeness (QED) is 0.514. The first-order valence-electron chi connectivity index (χ1n) is 10.1. The molecule has 1 saturated heterocycles. The van der Waals surface area contributed by atoms with Crippen LogP contribution >= 0.6 is 23.2 Å². The molecule has 5 nitrogen and oxygen atoms in total. The van der Waals surface area contributed by atoms with Crippen LogP contribution in [0.25, 0.3) is 11.3 Å². The van der Waals surface area contributed by atoms with Crippen LogP contribution in [0.1, 0.15) is 17.9 Å². The van der Waals surface area contributed by atoms with Crippen molar-refractivity contribution in [1.29, 1.82) is 0 Å². The molecule has 1 aliphatic heterocycles. The van der Waals surface area contributed by atoms with Crippen molar-refractivity contribution in [3.8, 4) is 11.3 Å². The van der Waals surface area contributed by atoms with E-state index in [4.69, 9.17) is 27.6 Å². The number of piperazine rings is 1. The lowest BCUT2D eigenvalue weighted by atomic mass is 10.2. The van der Waals surface area contributed by atoms with Crippen LogP contribution in [0.15, 0.2) is 53.1 Å². The number of hydrogen-bond donors (Lipinski definition) is 0. The van der Waals surface area contributed by atoms with Crippen molar-refractivity contribution >= 4 is 29.1 Å². The molecule has 2 aromatic carbocycles. The van der Waals surface area contributed by atoms with Gasteiger partial charge in [0.2, 0.25) is 5.91 Å². The van der Waals surface area contributed by atoms with E-state index in [2.05, 4.69) is 9.88 Å². The lowest BCUT2D eigenvalue weighted by Crippen LogP contribution is -2.48. The molecule has 3 aromatic rings. The van der Waals surface area contributed by atoms with Gasteiger partial charge in [0.15, 0.2) is 11.7 Å². The summed E-state index contributed by atoms with van der Waals surface area (Å²) in [6, 6.07) is 11.8. The summed E-state index contributed by atoms with van der Waals surface area (Å²) in [6.07, 6.45) is 2.48. The van der Waals surface area contributed by atoms with Gasteiger partial charge in [0.05, 0.1) is 6.20 Å². The van der Waals surface area contributed by atoms with E-state index in [0.717, 1.165) is 24.2 Å². The third-order valence-corrected chi connectivity index (χ3v) is 5.97. The van der Waals surface area contributed by atoms with Gasteiger partial charge >= 0.3 is 0 Å². The molecule has 0 radical (unpaired) electrons. The van der Waals surface area contributed by atoms with Gasteiger partial charge in [-0.2, -0.15) is 0 Å². The summed E-state index contributed by atoms with van der Waals surface area (Å²) in [5.74, 6) is 0.955. The number of carbonyl (C=O) groups excluding carboxylic acids is 1. The first-order chi connectivity index (χ1) is 15.0. The Kier molecular flexibility index (Phi) is 6.90. The Morgan fingerprint density at radius 3 is 2.52 bits per heavy atom. The summed E-state index contributed by atoms with van der Waals surface area (Å²) in [4.78, 5) is 21.0. The standard InChI is InChI=1S/C23H22Cl2FN3O2/c24-18-4-1-16(2-5-18)21-14-27-22(31-21)7-8-23(30)29-11-9-28(10-12-29)15-17-3-6-19(26)13-20(17)25/h1-6,13-14H,7-12,15H2. The molecule has 31 heavy (non-hydrogen) atoms. The second kappa shape index (κ2) is 9.81. The number of aryl methyl sites for hydroxylation is 1. The predicted octanol–water partition coefficient (Wildman–Crippen LogP) is 5.06. The molecule has 162 valence electrons. The third-order valence-electron chi connectivity index (χ3n) is 5.37. The van der Waals surface area contributed by atoms with Crippen molar-refractivity contribution in [3.63, 3.8) is 0 Å². The fourth-order valence-electron chi connectivity index (χ4n) is 3.59. The molecular formula is C23H22Cl2FN3O2. The van der Waals surface area contributed by atoms with Gasteiger partial charge < -0.3 is 9.32 Å². The van der Waals surface area contributed by atoms with E-state index in [1.807, 2.05) is 17.0 Å². The average Bonchev–Trinajstić information content (AvgIpc) is 3.24. The minimum Gasteiger partial charge on any atom is -0.441 e. The monoisotopic (exact) mass is 461 g/mol. The van der Waals surface area contributed by atoms with E-state index in [-0.39, 0.29) is 11.7 Å². The summed E-state index contributed by atoms with van der Waals surface area (Å²) < 4.78 is 19.0. The summed E-state index contributed by atoms with van der Waals surface area (Å²) in [7, 11) is 0. The first-order valence-corrected chi connectivity index (χ1v) is 10.9. The highest BCUT2D eigenvalue weighted by Gasteiger charge is 2.22. The Bertz CT molecular complexity index is 1050. The van der Waals surface area contributed by atoms with E-state index in [0.29, 0.717) is 54.2 Å². The van der Waals surface area contributed by atoms with E-state index in [1.54, 1.807) is 24.4 Å². The number of amides is 1. The second-order valence-electron chi connectivity index (χ2n) is 7.52. The minimum atomic E-state index is -0.338. The number of hydrogen-bond acceptors (Lipinski definition) is 4. The van der Waals surface area contributed by atoms with Crippen LogP contribution in [-0.4, -0.2) is 46.9 Å². The van der Waals surface area contributed by atoms with Crippen molar-refractivity contribution in [2.45, 2.75) is 19.4 Å². The number of nitrogens with zero attached hydrogens (tertiary/aromatic N) is 3. The molecule has 4 rings (SSSR count). The molecule has 0 aliphatic carbocycles. The lowest BCUT2D eigenvalue weighted by Gasteiger charge is -2.35. The van der Waals surface area contributed by atoms with Crippen molar-refractivity contribution in [2.24, 2.45) is 0 Å². The fraction of sp³-hybridized carbons (Fsp3) is 0.304. The number of carbonyl (C=O) groups is 1. The minimum absolute atomic E-state index is 0.0886. The van der Waals surface area contributed by atoms with Crippen LogP contribution in [0.2, 0.25) is 10.0 Å². The van der Waals surface area contributed by atoms with Crippen molar-refractivity contribution in [1.82, 2.24) is 14.8 Å². The zero-order valence-electron chi connectivity index (χ0n) is 16.9. The number of benzene rings is 2. The maximum absolute atomic E-state index is 13.2. The first kappa shape index (κ1) is 21.8. The van der Waals surface area contributed by atoms with Crippen LogP contribution in [-0.2, 0) is 17.8 Å². The van der Waals surface area contributed by atoms with E-state index in [1.165, 1.54) is 12.1 Å². The zero-order chi connectivity index (χ0) is 21.8. The summed E-state index contributed by atoms with van der Waals surface area (Å²) >= 11 is 12.0. The highest BCUT2D eigenvalue weighted by Crippen LogP contribution is 2.23. The average molecular weight is 462 g/mol. The van der Waals surface area contributed by atoms with Crippen LogP contribution in [0.4, 0.5) is 4.39 Å². The van der Waals surface area contributed by atoms with E-state index >= 15 is 0 Å². The Morgan fingerprint density at radius 1 is 1.06 bits per heavy atom. The SMILES string of the molecule is O=C(CCc1ncc(-c2ccc(Cl)cc2)o1)N1CCN(Cc2ccc(F)cc2Cl)CC1.